The number of nitrogens with one attached hydrogen (secondary N) is 2. The summed E-state index contributed by atoms with van der Waals surface area (Å²) in [6.45, 7) is 0. The van der Waals surface area contributed by atoms with Gasteiger partial charge in [0.25, 0.3) is 5.91 Å². The molecular weight excluding hydrogens is 288 g/mol. The molecule has 2 aromatic rings. The van der Waals surface area contributed by atoms with Gasteiger partial charge in [0.15, 0.2) is 0 Å². The Balaban J connectivity index is 2.25. The van der Waals surface area contributed by atoms with Crippen LogP contribution in [0.5, 0.6) is 17.6 Å². The molecule has 8 nitrogen and oxygen atoms in total. The number of hydrogen-bond acceptors (Lipinski definition) is 7. The van der Waals surface area contributed by atoms with Gasteiger partial charge in [-0.1, -0.05) is 0 Å². The quantitative estimate of drug-likeness (QED) is 0.719. The Bertz CT molecular complexity index is 668. The molecule has 0 aliphatic rings. The van der Waals surface area contributed by atoms with Gasteiger partial charge in [0.2, 0.25) is 5.88 Å². The summed E-state index contributed by atoms with van der Waals surface area (Å²) >= 11 is 0. The van der Waals surface area contributed by atoms with Gasteiger partial charge < -0.3 is 25.2 Å². The Morgan fingerprint density at radius 1 is 1.18 bits per heavy atom. The lowest BCUT2D eigenvalue weighted by Crippen LogP contribution is -2.14. The third-order valence-electron chi connectivity index (χ3n) is 2.84. The van der Waals surface area contributed by atoms with E-state index in [1.165, 1.54) is 38.5 Å². The number of nitrogens with zero attached hydrogens (tertiary/aromatic N) is 2. The van der Waals surface area contributed by atoms with Crippen LogP contribution in [0.15, 0.2) is 24.3 Å². The Kier molecular flexibility index (Phi) is 4.62. The fourth-order valence-electron chi connectivity index (χ4n) is 1.73. The first-order valence-electron chi connectivity index (χ1n) is 6.36. The highest BCUT2D eigenvalue weighted by Crippen LogP contribution is 2.24. The summed E-state index contributed by atoms with van der Waals surface area (Å²) in [7, 11) is 4.52. The van der Waals surface area contributed by atoms with Gasteiger partial charge in [0.05, 0.1) is 19.9 Å². The molecule has 0 unspecified atom stereocenters. The van der Waals surface area contributed by atoms with Crippen molar-refractivity contribution in [3.63, 3.8) is 0 Å². The highest BCUT2D eigenvalue weighted by molar-refractivity contribution is 6.04. The van der Waals surface area contributed by atoms with Crippen LogP contribution in [0.25, 0.3) is 0 Å². The van der Waals surface area contributed by atoms with E-state index in [1.807, 2.05) is 0 Å². The second-order valence-corrected chi connectivity index (χ2v) is 4.22. The molecule has 0 saturated carbocycles. The molecular formula is C14H16N4O4. The molecule has 0 radical (unpaired) electrons. The first-order chi connectivity index (χ1) is 10.6. The summed E-state index contributed by atoms with van der Waals surface area (Å²) in [5, 5.41) is 15.0. The fraction of sp³-hybridized carbons (Fsp3) is 0.214. The molecule has 3 N–H and O–H groups in total. The van der Waals surface area contributed by atoms with Crippen LogP contribution in [0.1, 0.15) is 10.4 Å². The predicted molar refractivity (Wildman–Crippen MR) is 80.7 cm³/mol. The van der Waals surface area contributed by atoms with Gasteiger partial charge in [-0.3, -0.25) is 4.79 Å². The summed E-state index contributed by atoms with van der Waals surface area (Å²) in [6, 6.07) is 6.01. The van der Waals surface area contributed by atoms with Gasteiger partial charge in [0, 0.05) is 18.7 Å². The van der Waals surface area contributed by atoms with Crippen LogP contribution >= 0.6 is 0 Å². The maximum Gasteiger partial charge on any atom is 0.321 e. The maximum atomic E-state index is 12.2. The van der Waals surface area contributed by atoms with Crippen molar-refractivity contribution in [2.45, 2.75) is 0 Å². The molecule has 1 aromatic carbocycles. The van der Waals surface area contributed by atoms with Crippen molar-refractivity contribution in [1.82, 2.24) is 9.97 Å². The largest absolute Gasteiger partial charge is 0.506 e. The first-order valence-corrected chi connectivity index (χ1v) is 6.36. The number of aromatic nitrogens is 2. The van der Waals surface area contributed by atoms with E-state index in [-0.39, 0.29) is 29.4 Å². The van der Waals surface area contributed by atoms with Crippen molar-refractivity contribution in [3.8, 4) is 17.6 Å². The van der Waals surface area contributed by atoms with Gasteiger partial charge in [-0.15, -0.1) is 0 Å². The van der Waals surface area contributed by atoms with Crippen LogP contribution in [0, 0.1) is 0 Å². The lowest BCUT2D eigenvalue weighted by molar-refractivity contribution is 0.102. The molecule has 1 heterocycles. The normalized spacial score (nSPS) is 9.95. The van der Waals surface area contributed by atoms with Crippen molar-refractivity contribution in [2.24, 2.45) is 0 Å². The van der Waals surface area contributed by atoms with Crippen molar-refractivity contribution in [1.29, 1.82) is 0 Å². The number of phenols is 1. The van der Waals surface area contributed by atoms with Crippen molar-refractivity contribution < 1.29 is 19.4 Å². The van der Waals surface area contributed by atoms with E-state index in [0.717, 1.165) is 0 Å². The van der Waals surface area contributed by atoms with Crippen LogP contribution < -0.4 is 20.1 Å². The summed E-state index contributed by atoms with van der Waals surface area (Å²) in [6.07, 6.45) is 0. The van der Waals surface area contributed by atoms with Crippen molar-refractivity contribution in [2.75, 3.05) is 31.9 Å². The van der Waals surface area contributed by atoms with Gasteiger partial charge in [-0.2, -0.15) is 9.97 Å². The number of ether oxygens (including phenoxy) is 2. The lowest BCUT2D eigenvalue weighted by Gasteiger charge is -2.09. The van der Waals surface area contributed by atoms with E-state index in [9.17, 15) is 9.90 Å². The minimum absolute atomic E-state index is 0.0597. The van der Waals surface area contributed by atoms with E-state index < -0.39 is 0 Å². The number of carbonyl (C=O) groups excluding carboxylic acids is 1. The molecule has 22 heavy (non-hydrogen) atoms. The monoisotopic (exact) mass is 304 g/mol. The Labute approximate surface area is 127 Å². The van der Waals surface area contributed by atoms with Gasteiger partial charge in [-0.25, -0.2) is 0 Å². The van der Waals surface area contributed by atoms with Crippen molar-refractivity contribution >= 4 is 17.4 Å². The minimum atomic E-state index is -0.390. The van der Waals surface area contributed by atoms with Crippen LogP contribution in [-0.2, 0) is 0 Å². The molecule has 0 fully saturated rings. The molecule has 116 valence electrons. The molecule has 0 spiro atoms. The zero-order chi connectivity index (χ0) is 16.1. The number of rotatable bonds is 5. The molecule has 1 amide bonds. The smallest absolute Gasteiger partial charge is 0.321 e. The molecule has 8 heteroatoms. The van der Waals surface area contributed by atoms with Crippen LogP contribution in [0.3, 0.4) is 0 Å². The van der Waals surface area contributed by atoms with Crippen LogP contribution in [0.2, 0.25) is 0 Å². The van der Waals surface area contributed by atoms with E-state index in [0.29, 0.717) is 11.3 Å². The third-order valence-corrected chi connectivity index (χ3v) is 2.84. The summed E-state index contributed by atoms with van der Waals surface area (Å²) in [5.41, 5.74) is 0.809. The summed E-state index contributed by atoms with van der Waals surface area (Å²) in [5.74, 6) is 0.181. The SMILES string of the molecule is CNc1cc(C(=O)Nc2cc(OC)nc(OC)n2)ccc1O. The van der Waals surface area contributed by atoms with Crippen LogP contribution in [-0.4, -0.2) is 42.2 Å². The molecule has 0 bridgehead atoms. The zero-order valence-electron chi connectivity index (χ0n) is 12.4. The molecule has 0 aliphatic heterocycles. The van der Waals surface area contributed by atoms with E-state index >= 15 is 0 Å². The number of aromatic hydroxyl groups is 1. The maximum absolute atomic E-state index is 12.2. The van der Waals surface area contributed by atoms with E-state index in [1.54, 1.807) is 7.05 Å². The third kappa shape index (κ3) is 3.35. The van der Waals surface area contributed by atoms with Gasteiger partial charge in [0.1, 0.15) is 11.6 Å². The molecule has 0 atom stereocenters. The predicted octanol–water partition coefficient (Wildman–Crippen LogP) is 1.49. The Hall–Kier alpha value is -3.03. The van der Waals surface area contributed by atoms with Crippen LogP contribution in [0.4, 0.5) is 11.5 Å². The highest BCUT2D eigenvalue weighted by atomic mass is 16.5. The Morgan fingerprint density at radius 2 is 1.95 bits per heavy atom. The summed E-state index contributed by atoms with van der Waals surface area (Å²) < 4.78 is 9.95. The second-order valence-electron chi connectivity index (χ2n) is 4.22. The van der Waals surface area contributed by atoms with E-state index in [2.05, 4.69) is 20.6 Å². The lowest BCUT2D eigenvalue weighted by atomic mass is 10.1. The average molecular weight is 304 g/mol. The number of hydrogen-bond donors (Lipinski definition) is 3. The fourth-order valence-corrected chi connectivity index (χ4v) is 1.73. The highest BCUT2D eigenvalue weighted by Gasteiger charge is 2.12. The molecule has 0 saturated heterocycles. The Morgan fingerprint density at radius 3 is 2.59 bits per heavy atom. The topological polar surface area (TPSA) is 106 Å². The number of amides is 1. The van der Waals surface area contributed by atoms with Gasteiger partial charge in [-0.05, 0) is 18.2 Å². The second kappa shape index (κ2) is 6.61. The number of phenolic OH excluding ortho intramolecular Hbond substituents is 1. The standard InChI is InChI=1S/C14H16N4O4/c1-15-9-6-8(4-5-10(9)19)13(20)16-11-7-12(21-2)18-14(17-11)22-3/h4-7,15,19H,1-3H3,(H,16,17,18,20). The van der Waals surface area contributed by atoms with E-state index in [4.69, 9.17) is 9.47 Å². The van der Waals surface area contributed by atoms with Crippen molar-refractivity contribution in [3.05, 3.63) is 29.8 Å². The molecule has 2 rings (SSSR count). The number of benzene rings is 1. The summed E-state index contributed by atoms with van der Waals surface area (Å²) in [4.78, 5) is 20.2. The molecule has 1 aromatic heterocycles. The van der Waals surface area contributed by atoms with Gasteiger partial charge >= 0.3 is 6.01 Å². The zero-order valence-corrected chi connectivity index (χ0v) is 12.4. The average Bonchev–Trinajstić information content (AvgIpc) is 2.54. The number of methoxy groups -OCH3 is 2. The minimum Gasteiger partial charge on any atom is -0.506 e. The first kappa shape index (κ1) is 15.4. The molecule has 0 aliphatic carbocycles. The number of anilines is 2. The number of carbonyl (C=O) groups is 1.